The average molecular weight is 278 g/mol. The lowest BCUT2D eigenvalue weighted by molar-refractivity contribution is 0.0669. The van der Waals surface area contributed by atoms with Gasteiger partial charge in [-0.25, -0.2) is 4.79 Å². The largest absolute Gasteiger partial charge is 0.486 e. The van der Waals surface area contributed by atoms with Crippen molar-refractivity contribution in [2.75, 3.05) is 0 Å². The molecule has 1 N–H and O–H groups in total. The first-order valence-electron chi connectivity index (χ1n) is 7.73. The van der Waals surface area contributed by atoms with Crippen LogP contribution in [0.15, 0.2) is 6.20 Å². The van der Waals surface area contributed by atoms with Gasteiger partial charge in [-0.1, -0.05) is 19.3 Å². The third-order valence-corrected chi connectivity index (χ3v) is 4.48. The van der Waals surface area contributed by atoms with Crippen LogP contribution >= 0.6 is 0 Å². The summed E-state index contributed by atoms with van der Waals surface area (Å²) in [5, 5.41) is 13.8. The van der Waals surface area contributed by atoms with Crippen molar-refractivity contribution < 1.29 is 14.6 Å². The number of aromatic nitrogens is 2. The van der Waals surface area contributed by atoms with E-state index in [1.54, 1.807) is 10.9 Å². The monoisotopic (exact) mass is 278 g/mol. The van der Waals surface area contributed by atoms with Crippen molar-refractivity contribution in [2.45, 2.75) is 69.9 Å². The fourth-order valence-corrected chi connectivity index (χ4v) is 3.42. The van der Waals surface area contributed by atoms with E-state index in [-0.39, 0.29) is 17.8 Å². The quantitative estimate of drug-likeness (QED) is 0.916. The first-order chi connectivity index (χ1) is 9.75. The lowest BCUT2D eigenvalue weighted by Crippen LogP contribution is -2.20. The van der Waals surface area contributed by atoms with Crippen LogP contribution in [0, 0.1) is 0 Å². The number of hydrogen-bond acceptors (Lipinski definition) is 3. The molecule has 0 saturated heterocycles. The molecule has 0 amide bonds. The normalized spacial score (nSPS) is 21.2. The second kappa shape index (κ2) is 5.85. The molecule has 0 aliphatic heterocycles. The Labute approximate surface area is 118 Å². The summed E-state index contributed by atoms with van der Waals surface area (Å²) >= 11 is 0. The highest BCUT2D eigenvalue weighted by atomic mass is 16.5. The second-order valence-corrected chi connectivity index (χ2v) is 5.92. The van der Waals surface area contributed by atoms with Gasteiger partial charge in [-0.2, -0.15) is 5.10 Å². The predicted octanol–water partition coefficient (Wildman–Crippen LogP) is 3.41. The van der Waals surface area contributed by atoms with Crippen molar-refractivity contribution in [3.63, 3.8) is 0 Å². The number of carbonyl (C=O) groups is 1. The van der Waals surface area contributed by atoms with Gasteiger partial charge in [0.15, 0.2) is 11.4 Å². The van der Waals surface area contributed by atoms with E-state index in [9.17, 15) is 9.90 Å². The van der Waals surface area contributed by atoms with Crippen LogP contribution in [0.25, 0.3) is 0 Å². The van der Waals surface area contributed by atoms with Crippen LogP contribution in [-0.2, 0) is 0 Å². The lowest BCUT2D eigenvalue weighted by Gasteiger charge is -2.23. The van der Waals surface area contributed by atoms with Crippen LogP contribution in [0.1, 0.15) is 74.3 Å². The summed E-state index contributed by atoms with van der Waals surface area (Å²) in [6.45, 7) is 0. The minimum Gasteiger partial charge on any atom is -0.486 e. The van der Waals surface area contributed by atoms with Gasteiger partial charge in [0.25, 0.3) is 0 Å². The van der Waals surface area contributed by atoms with E-state index < -0.39 is 5.97 Å². The van der Waals surface area contributed by atoms with Crippen LogP contribution in [-0.4, -0.2) is 27.0 Å². The molecule has 1 aromatic heterocycles. The van der Waals surface area contributed by atoms with Gasteiger partial charge in [-0.3, -0.25) is 4.68 Å². The van der Waals surface area contributed by atoms with Crippen molar-refractivity contribution in [3.8, 4) is 5.75 Å². The third-order valence-electron chi connectivity index (χ3n) is 4.48. The van der Waals surface area contributed by atoms with Crippen LogP contribution in [0.2, 0.25) is 0 Å². The zero-order valence-corrected chi connectivity index (χ0v) is 11.8. The van der Waals surface area contributed by atoms with Gasteiger partial charge in [0.2, 0.25) is 0 Å². The summed E-state index contributed by atoms with van der Waals surface area (Å²) in [5.41, 5.74) is 0.240. The molecular formula is C15H22N2O3. The van der Waals surface area contributed by atoms with Crippen molar-refractivity contribution in [3.05, 3.63) is 11.9 Å². The summed E-state index contributed by atoms with van der Waals surface area (Å²) in [6.07, 6.45) is 11.7. The standard InChI is InChI=1S/C15H22N2O3/c18-15(19)14-13(20-12-8-4-5-9-12)10-16-17(14)11-6-2-1-3-7-11/h10-12H,1-9H2,(H,18,19). The molecule has 2 saturated carbocycles. The fraction of sp³-hybridized carbons (Fsp3) is 0.733. The Bertz CT molecular complexity index is 471. The maximum Gasteiger partial charge on any atom is 0.358 e. The first kappa shape index (κ1) is 13.5. The van der Waals surface area contributed by atoms with Gasteiger partial charge < -0.3 is 9.84 Å². The molecule has 0 spiro atoms. The number of hydrogen-bond donors (Lipinski definition) is 1. The SMILES string of the molecule is O=C(O)c1c(OC2CCCC2)cnn1C1CCCCC1. The highest BCUT2D eigenvalue weighted by molar-refractivity contribution is 5.88. The Hall–Kier alpha value is -1.52. The maximum absolute atomic E-state index is 11.6. The van der Waals surface area contributed by atoms with Gasteiger partial charge >= 0.3 is 5.97 Å². The minimum atomic E-state index is -0.930. The molecular weight excluding hydrogens is 256 g/mol. The Morgan fingerprint density at radius 1 is 1.15 bits per heavy atom. The van der Waals surface area contributed by atoms with Gasteiger partial charge in [-0.15, -0.1) is 0 Å². The molecule has 3 rings (SSSR count). The average Bonchev–Trinajstić information content (AvgIpc) is 3.09. The molecule has 0 aromatic carbocycles. The number of carboxylic acids is 1. The number of rotatable bonds is 4. The Morgan fingerprint density at radius 2 is 1.80 bits per heavy atom. The van der Waals surface area contributed by atoms with Crippen molar-refractivity contribution in [1.29, 1.82) is 0 Å². The smallest absolute Gasteiger partial charge is 0.358 e. The summed E-state index contributed by atoms with van der Waals surface area (Å²) in [7, 11) is 0. The zero-order chi connectivity index (χ0) is 13.9. The molecule has 2 aliphatic carbocycles. The van der Waals surface area contributed by atoms with Gasteiger partial charge in [0, 0.05) is 0 Å². The number of ether oxygens (including phenoxy) is 1. The summed E-state index contributed by atoms with van der Waals surface area (Å²) < 4.78 is 7.56. The molecule has 0 unspecified atom stereocenters. The number of nitrogens with zero attached hydrogens (tertiary/aromatic N) is 2. The Morgan fingerprint density at radius 3 is 2.45 bits per heavy atom. The molecule has 5 nitrogen and oxygen atoms in total. The number of aromatic carboxylic acids is 1. The molecule has 5 heteroatoms. The molecule has 0 radical (unpaired) electrons. The Kier molecular flexibility index (Phi) is 3.94. The topological polar surface area (TPSA) is 64.3 Å². The zero-order valence-electron chi connectivity index (χ0n) is 11.8. The van der Waals surface area contributed by atoms with E-state index in [1.165, 1.54) is 19.3 Å². The van der Waals surface area contributed by atoms with Crippen LogP contribution in [0.3, 0.4) is 0 Å². The molecule has 110 valence electrons. The first-order valence-corrected chi connectivity index (χ1v) is 7.73. The minimum absolute atomic E-state index is 0.164. The van der Waals surface area contributed by atoms with Crippen LogP contribution in [0.5, 0.6) is 5.75 Å². The number of carboxylic acid groups (broad SMARTS) is 1. The molecule has 1 heterocycles. The van der Waals surface area contributed by atoms with E-state index in [0.29, 0.717) is 5.75 Å². The van der Waals surface area contributed by atoms with E-state index in [4.69, 9.17) is 4.74 Å². The van der Waals surface area contributed by atoms with Crippen molar-refractivity contribution >= 4 is 5.97 Å². The highest BCUT2D eigenvalue weighted by Gasteiger charge is 2.27. The highest BCUT2D eigenvalue weighted by Crippen LogP contribution is 2.33. The van der Waals surface area contributed by atoms with Gasteiger partial charge in [-0.05, 0) is 38.5 Å². The van der Waals surface area contributed by atoms with Crippen LogP contribution in [0.4, 0.5) is 0 Å². The van der Waals surface area contributed by atoms with Gasteiger partial charge in [0.1, 0.15) is 0 Å². The summed E-state index contributed by atoms with van der Waals surface area (Å²) in [6, 6.07) is 0.218. The third kappa shape index (κ3) is 2.67. The molecule has 1 aromatic rings. The second-order valence-electron chi connectivity index (χ2n) is 5.92. The van der Waals surface area contributed by atoms with E-state index in [0.717, 1.165) is 38.5 Å². The fourth-order valence-electron chi connectivity index (χ4n) is 3.42. The molecule has 2 aliphatic rings. The molecule has 2 fully saturated rings. The van der Waals surface area contributed by atoms with E-state index in [1.807, 2.05) is 0 Å². The van der Waals surface area contributed by atoms with E-state index >= 15 is 0 Å². The van der Waals surface area contributed by atoms with Crippen molar-refractivity contribution in [1.82, 2.24) is 9.78 Å². The predicted molar refractivity (Wildman–Crippen MR) is 74.2 cm³/mol. The molecule has 20 heavy (non-hydrogen) atoms. The van der Waals surface area contributed by atoms with Crippen molar-refractivity contribution in [2.24, 2.45) is 0 Å². The molecule has 0 atom stereocenters. The van der Waals surface area contributed by atoms with Crippen LogP contribution < -0.4 is 4.74 Å². The van der Waals surface area contributed by atoms with E-state index in [2.05, 4.69) is 5.10 Å². The lowest BCUT2D eigenvalue weighted by atomic mass is 9.95. The summed E-state index contributed by atoms with van der Waals surface area (Å²) in [5.74, 6) is -0.476. The maximum atomic E-state index is 11.6. The Balaban J connectivity index is 1.82. The van der Waals surface area contributed by atoms with Gasteiger partial charge in [0.05, 0.1) is 18.3 Å². The summed E-state index contributed by atoms with van der Waals surface area (Å²) in [4.78, 5) is 11.6. The molecule has 0 bridgehead atoms.